The van der Waals surface area contributed by atoms with Crippen molar-refractivity contribution in [3.8, 4) is 0 Å². The first-order valence-corrected chi connectivity index (χ1v) is 7.14. The van der Waals surface area contributed by atoms with Crippen molar-refractivity contribution in [1.82, 2.24) is 0 Å². The molecule has 0 radical (unpaired) electrons. The van der Waals surface area contributed by atoms with E-state index in [0.29, 0.717) is 37.8 Å². The predicted octanol–water partition coefficient (Wildman–Crippen LogP) is 1.94. The molecular weight excluding hydrogens is 244 g/mol. The fraction of sp³-hybridized carbons (Fsp3) is 0.800. The number of carbonyl (C=O) groups is 1. The lowest BCUT2D eigenvalue weighted by molar-refractivity contribution is -0.170. The van der Waals surface area contributed by atoms with Crippen LogP contribution in [0.15, 0.2) is 11.6 Å². The van der Waals surface area contributed by atoms with E-state index in [2.05, 4.69) is 19.9 Å². The number of hydrogen-bond donors (Lipinski definition) is 0. The van der Waals surface area contributed by atoms with E-state index < -0.39 is 6.10 Å². The molecule has 4 rings (SSSR count). The Bertz CT molecular complexity index is 393. The zero-order chi connectivity index (χ0) is 13.5. The van der Waals surface area contributed by atoms with Gasteiger partial charge in [-0.3, -0.25) is 0 Å². The number of esters is 1. The van der Waals surface area contributed by atoms with Crippen LogP contribution in [0.4, 0.5) is 0 Å². The Morgan fingerprint density at radius 3 is 2.95 bits per heavy atom. The van der Waals surface area contributed by atoms with Crippen molar-refractivity contribution >= 4 is 5.97 Å². The highest BCUT2D eigenvalue weighted by atomic mass is 16.6. The van der Waals surface area contributed by atoms with E-state index in [1.165, 1.54) is 12.0 Å². The van der Waals surface area contributed by atoms with Crippen molar-refractivity contribution < 1.29 is 19.0 Å². The maximum atomic E-state index is 11.9. The zero-order valence-corrected chi connectivity index (χ0v) is 11.7. The maximum absolute atomic E-state index is 11.9. The third-order valence-electron chi connectivity index (χ3n) is 5.04. The Kier molecular flexibility index (Phi) is 3.39. The second kappa shape index (κ2) is 4.91. The molecule has 0 aromatic rings. The highest BCUT2D eigenvalue weighted by molar-refractivity contribution is 5.75. The van der Waals surface area contributed by atoms with Gasteiger partial charge in [0.15, 0.2) is 6.10 Å². The van der Waals surface area contributed by atoms with E-state index in [1.54, 1.807) is 0 Å². The highest BCUT2D eigenvalue weighted by Gasteiger charge is 2.51. The van der Waals surface area contributed by atoms with Crippen LogP contribution in [-0.2, 0) is 19.0 Å². The molecule has 4 nitrogen and oxygen atoms in total. The summed E-state index contributed by atoms with van der Waals surface area (Å²) in [5.74, 6) is 1.11. The summed E-state index contributed by atoms with van der Waals surface area (Å²) in [6.45, 7) is 6.40. The van der Waals surface area contributed by atoms with Gasteiger partial charge in [0.25, 0.3) is 0 Å². The predicted molar refractivity (Wildman–Crippen MR) is 69.6 cm³/mol. The summed E-state index contributed by atoms with van der Waals surface area (Å²) in [6.07, 6.45) is 4.09. The summed E-state index contributed by atoms with van der Waals surface area (Å²) >= 11 is 0. The fourth-order valence-corrected chi connectivity index (χ4v) is 3.51. The van der Waals surface area contributed by atoms with E-state index in [0.717, 1.165) is 12.3 Å². The van der Waals surface area contributed by atoms with E-state index in [4.69, 9.17) is 14.2 Å². The van der Waals surface area contributed by atoms with Gasteiger partial charge in [-0.05, 0) is 35.7 Å². The summed E-state index contributed by atoms with van der Waals surface area (Å²) in [4.78, 5) is 11.9. The first kappa shape index (κ1) is 13.1. The number of ether oxygens (including phenoxy) is 3. The Morgan fingerprint density at radius 1 is 1.47 bits per heavy atom. The minimum Gasteiger partial charge on any atom is -0.459 e. The first-order valence-electron chi connectivity index (χ1n) is 7.14. The van der Waals surface area contributed by atoms with E-state index in [9.17, 15) is 4.79 Å². The summed E-state index contributed by atoms with van der Waals surface area (Å²) in [6, 6.07) is 0. The molecule has 2 bridgehead atoms. The van der Waals surface area contributed by atoms with Crippen molar-refractivity contribution in [3.63, 3.8) is 0 Å². The molecule has 1 heterocycles. The number of rotatable bonds is 3. The van der Waals surface area contributed by atoms with Crippen LogP contribution in [0.3, 0.4) is 0 Å². The Balaban J connectivity index is 1.52. The summed E-state index contributed by atoms with van der Waals surface area (Å²) in [5.41, 5.74) is 1.67. The summed E-state index contributed by atoms with van der Waals surface area (Å²) in [7, 11) is 0. The normalized spacial score (nSPS) is 36.1. The van der Waals surface area contributed by atoms with E-state index in [1.807, 2.05) is 0 Å². The molecule has 0 amide bonds. The second-order valence-corrected chi connectivity index (χ2v) is 6.36. The molecule has 2 fully saturated rings. The molecule has 1 aliphatic heterocycles. The van der Waals surface area contributed by atoms with E-state index in [-0.39, 0.29) is 5.97 Å². The quantitative estimate of drug-likeness (QED) is 0.578. The van der Waals surface area contributed by atoms with Crippen LogP contribution in [0.25, 0.3) is 0 Å². The van der Waals surface area contributed by atoms with Crippen molar-refractivity contribution in [1.29, 1.82) is 0 Å². The SMILES string of the molecule is CC1(C)[C@H]2CC=C(COC(=O)C3COCCO3)[C@@H]1C2. The number of fused-ring (bicyclic) bond motifs is 1. The third kappa shape index (κ3) is 2.32. The Labute approximate surface area is 114 Å². The van der Waals surface area contributed by atoms with Crippen LogP contribution in [0, 0.1) is 17.3 Å². The topological polar surface area (TPSA) is 44.8 Å². The van der Waals surface area contributed by atoms with Crippen molar-refractivity contribution in [2.45, 2.75) is 32.8 Å². The summed E-state index contributed by atoms with van der Waals surface area (Å²) < 4.78 is 16.0. The molecule has 0 N–H and O–H groups in total. The summed E-state index contributed by atoms with van der Waals surface area (Å²) in [5, 5.41) is 0. The molecule has 0 aromatic carbocycles. The third-order valence-corrected chi connectivity index (χ3v) is 5.04. The average molecular weight is 266 g/mol. The molecule has 1 saturated carbocycles. The molecule has 19 heavy (non-hydrogen) atoms. The van der Waals surface area contributed by atoms with Crippen LogP contribution < -0.4 is 0 Å². The second-order valence-electron chi connectivity index (χ2n) is 6.36. The molecular formula is C15H22O4. The monoisotopic (exact) mass is 266 g/mol. The lowest BCUT2D eigenvalue weighted by Gasteiger charge is -2.56. The van der Waals surface area contributed by atoms with Gasteiger partial charge < -0.3 is 14.2 Å². The van der Waals surface area contributed by atoms with Gasteiger partial charge >= 0.3 is 5.97 Å². The average Bonchev–Trinajstić information content (AvgIpc) is 2.45. The maximum Gasteiger partial charge on any atom is 0.338 e. The number of allylic oxidation sites excluding steroid dienone is 1. The molecule has 4 heteroatoms. The van der Waals surface area contributed by atoms with E-state index >= 15 is 0 Å². The standard InChI is InChI=1S/C15H22O4/c1-15(2)11-4-3-10(12(15)7-11)8-19-14(16)13-9-17-5-6-18-13/h3,11-13H,4-9H2,1-2H3/t11-,12-,13?/m0/s1. The van der Waals surface area contributed by atoms with Gasteiger partial charge in [-0.15, -0.1) is 0 Å². The minimum atomic E-state index is -0.542. The van der Waals surface area contributed by atoms with Crippen LogP contribution in [0.5, 0.6) is 0 Å². The number of carbonyl (C=O) groups excluding carboxylic acids is 1. The van der Waals surface area contributed by atoms with Crippen molar-refractivity contribution in [2.24, 2.45) is 17.3 Å². The van der Waals surface area contributed by atoms with Gasteiger partial charge in [-0.2, -0.15) is 0 Å². The largest absolute Gasteiger partial charge is 0.459 e. The van der Waals surface area contributed by atoms with Crippen LogP contribution in [-0.4, -0.2) is 38.5 Å². The molecule has 0 spiro atoms. The lowest BCUT2D eigenvalue weighted by Crippen LogP contribution is -2.49. The molecule has 3 atom stereocenters. The lowest BCUT2D eigenvalue weighted by atomic mass is 9.49. The molecule has 4 aliphatic rings. The Morgan fingerprint density at radius 2 is 2.32 bits per heavy atom. The highest BCUT2D eigenvalue weighted by Crippen LogP contribution is 2.59. The smallest absolute Gasteiger partial charge is 0.338 e. The molecule has 1 saturated heterocycles. The first-order chi connectivity index (χ1) is 9.09. The fourth-order valence-electron chi connectivity index (χ4n) is 3.51. The molecule has 106 valence electrons. The number of hydrogen-bond acceptors (Lipinski definition) is 4. The minimum absolute atomic E-state index is 0.292. The Hall–Kier alpha value is -0.870. The zero-order valence-electron chi connectivity index (χ0n) is 11.7. The van der Waals surface area contributed by atoms with Gasteiger partial charge in [0, 0.05) is 0 Å². The van der Waals surface area contributed by atoms with Crippen molar-refractivity contribution in [3.05, 3.63) is 11.6 Å². The van der Waals surface area contributed by atoms with Gasteiger partial charge in [-0.1, -0.05) is 19.9 Å². The van der Waals surface area contributed by atoms with Gasteiger partial charge in [0.2, 0.25) is 0 Å². The molecule has 0 aromatic heterocycles. The molecule has 1 unspecified atom stereocenters. The van der Waals surface area contributed by atoms with Gasteiger partial charge in [0.1, 0.15) is 6.61 Å². The molecule has 3 aliphatic carbocycles. The van der Waals surface area contributed by atoms with Gasteiger partial charge in [0.05, 0.1) is 19.8 Å². The van der Waals surface area contributed by atoms with Crippen molar-refractivity contribution in [2.75, 3.05) is 26.4 Å². The van der Waals surface area contributed by atoms with Crippen LogP contribution in [0.2, 0.25) is 0 Å². The van der Waals surface area contributed by atoms with Crippen LogP contribution in [0.1, 0.15) is 26.7 Å². The van der Waals surface area contributed by atoms with Crippen LogP contribution >= 0.6 is 0 Å². The van der Waals surface area contributed by atoms with Gasteiger partial charge in [-0.25, -0.2) is 4.79 Å².